The molecule has 0 saturated carbocycles. The number of aromatic nitrogens is 1. The van der Waals surface area contributed by atoms with Crippen LogP contribution in [0.2, 0.25) is 0 Å². The number of fused-ring (bicyclic) bond motifs is 1. The van der Waals surface area contributed by atoms with Gasteiger partial charge in [0.15, 0.2) is 0 Å². The third-order valence-corrected chi connectivity index (χ3v) is 4.39. The summed E-state index contributed by atoms with van der Waals surface area (Å²) in [5.41, 5.74) is 2.58. The molecule has 1 atom stereocenters. The number of hydrogen-bond acceptors (Lipinski definition) is 3. The predicted octanol–water partition coefficient (Wildman–Crippen LogP) is 1.64. The minimum Gasteiger partial charge on any atom is -0.480 e. The van der Waals surface area contributed by atoms with Crippen molar-refractivity contribution in [1.29, 1.82) is 0 Å². The van der Waals surface area contributed by atoms with Crippen LogP contribution in [0.3, 0.4) is 0 Å². The molecule has 1 aromatic heterocycles. The van der Waals surface area contributed by atoms with E-state index >= 15 is 0 Å². The number of carboxylic acids is 1. The maximum absolute atomic E-state index is 12.1. The van der Waals surface area contributed by atoms with Crippen molar-refractivity contribution in [1.82, 2.24) is 15.6 Å². The quantitative estimate of drug-likeness (QED) is 0.477. The fraction of sp³-hybridized carbons (Fsp3) is 0.190. The van der Waals surface area contributed by atoms with E-state index in [0.717, 1.165) is 22.0 Å². The van der Waals surface area contributed by atoms with Gasteiger partial charge in [-0.1, -0.05) is 48.5 Å². The Morgan fingerprint density at radius 2 is 1.68 bits per heavy atom. The molecule has 144 valence electrons. The van der Waals surface area contributed by atoms with Crippen LogP contribution in [0.5, 0.6) is 0 Å². The van der Waals surface area contributed by atoms with Crippen LogP contribution in [0.1, 0.15) is 11.1 Å². The Morgan fingerprint density at radius 1 is 0.964 bits per heavy atom. The van der Waals surface area contributed by atoms with E-state index in [0.29, 0.717) is 0 Å². The molecule has 4 N–H and O–H groups in total. The molecule has 0 aliphatic heterocycles. The van der Waals surface area contributed by atoms with Crippen LogP contribution in [-0.4, -0.2) is 40.5 Å². The number of para-hydroxylation sites is 1. The number of hydrogen-bond donors (Lipinski definition) is 4. The van der Waals surface area contributed by atoms with Crippen LogP contribution in [-0.2, 0) is 27.2 Å². The van der Waals surface area contributed by atoms with Gasteiger partial charge in [0.25, 0.3) is 0 Å². The molecule has 0 bridgehead atoms. The van der Waals surface area contributed by atoms with Gasteiger partial charge < -0.3 is 20.7 Å². The zero-order valence-electron chi connectivity index (χ0n) is 15.1. The van der Waals surface area contributed by atoms with Gasteiger partial charge in [-0.2, -0.15) is 0 Å². The lowest BCUT2D eigenvalue weighted by atomic mass is 10.1. The monoisotopic (exact) mass is 379 g/mol. The molecule has 0 unspecified atom stereocenters. The Morgan fingerprint density at radius 3 is 2.43 bits per heavy atom. The molecule has 0 radical (unpaired) electrons. The first kappa shape index (κ1) is 19.2. The summed E-state index contributed by atoms with van der Waals surface area (Å²) in [7, 11) is 0. The second kappa shape index (κ2) is 8.85. The van der Waals surface area contributed by atoms with Gasteiger partial charge in [-0.15, -0.1) is 0 Å². The van der Waals surface area contributed by atoms with Gasteiger partial charge in [0, 0.05) is 23.5 Å². The highest BCUT2D eigenvalue weighted by atomic mass is 16.4. The zero-order valence-corrected chi connectivity index (χ0v) is 15.1. The first-order valence-electron chi connectivity index (χ1n) is 8.90. The molecule has 0 fully saturated rings. The number of benzene rings is 2. The Kier molecular flexibility index (Phi) is 6.06. The van der Waals surface area contributed by atoms with Gasteiger partial charge in [0.05, 0.1) is 13.0 Å². The molecular formula is C21H21N3O4. The van der Waals surface area contributed by atoms with E-state index in [1.54, 1.807) is 30.5 Å². The van der Waals surface area contributed by atoms with Crippen LogP contribution in [0.25, 0.3) is 10.9 Å². The third kappa shape index (κ3) is 4.97. The molecule has 7 heteroatoms. The fourth-order valence-corrected chi connectivity index (χ4v) is 2.99. The molecule has 7 nitrogen and oxygen atoms in total. The van der Waals surface area contributed by atoms with E-state index in [4.69, 9.17) is 0 Å². The van der Waals surface area contributed by atoms with E-state index in [2.05, 4.69) is 15.6 Å². The van der Waals surface area contributed by atoms with Crippen LogP contribution >= 0.6 is 0 Å². The van der Waals surface area contributed by atoms with E-state index in [1.807, 2.05) is 30.3 Å². The van der Waals surface area contributed by atoms with E-state index < -0.39 is 17.9 Å². The lowest BCUT2D eigenvalue weighted by Crippen LogP contribution is -2.46. The topological polar surface area (TPSA) is 111 Å². The average molecular weight is 379 g/mol. The molecule has 1 heterocycles. The van der Waals surface area contributed by atoms with Crippen molar-refractivity contribution < 1.29 is 19.5 Å². The molecule has 3 rings (SSSR count). The standard InChI is InChI=1S/C21H21N3O4/c25-19(11-15-12-22-17-9-5-4-8-16(15)17)23-13-20(26)24-18(21(27)28)10-14-6-2-1-3-7-14/h1-9,12,18,22H,10-11,13H2,(H,23,25)(H,24,26)(H,27,28)/t18-/m0/s1. The van der Waals surface area contributed by atoms with Gasteiger partial charge in [-0.25, -0.2) is 4.79 Å². The number of carbonyl (C=O) groups excluding carboxylic acids is 2. The number of H-pyrrole nitrogens is 1. The highest BCUT2D eigenvalue weighted by molar-refractivity contribution is 5.91. The number of aliphatic carboxylic acids is 1. The lowest BCUT2D eigenvalue weighted by molar-refractivity contribution is -0.141. The molecule has 0 aliphatic rings. The molecule has 0 spiro atoms. The van der Waals surface area contributed by atoms with Gasteiger partial charge in [0.1, 0.15) is 6.04 Å². The Hall–Kier alpha value is -3.61. The predicted molar refractivity (Wildman–Crippen MR) is 105 cm³/mol. The summed E-state index contributed by atoms with van der Waals surface area (Å²) in [4.78, 5) is 38.7. The summed E-state index contributed by atoms with van der Waals surface area (Å²) >= 11 is 0. The average Bonchev–Trinajstić information content (AvgIpc) is 3.09. The Labute approximate surface area is 161 Å². The van der Waals surface area contributed by atoms with Crippen molar-refractivity contribution >= 4 is 28.7 Å². The van der Waals surface area contributed by atoms with Crippen molar-refractivity contribution in [3.8, 4) is 0 Å². The third-order valence-electron chi connectivity index (χ3n) is 4.39. The van der Waals surface area contributed by atoms with Crippen molar-refractivity contribution in [3.05, 3.63) is 71.9 Å². The molecular weight excluding hydrogens is 358 g/mol. The number of nitrogens with one attached hydrogen (secondary N) is 3. The Balaban J connectivity index is 1.51. The summed E-state index contributed by atoms with van der Waals surface area (Å²) in [5, 5.41) is 15.3. The van der Waals surface area contributed by atoms with Crippen LogP contribution in [0.4, 0.5) is 0 Å². The minimum atomic E-state index is -1.12. The first-order chi connectivity index (χ1) is 13.5. The van der Waals surface area contributed by atoms with Gasteiger partial charge in [-0.3, -0.25) is 9.59 Å². The summed E-state index contributed by atoms with van der Waals surface area (Å²) in [6, 6.07) is 15.6. The number of carboxylic acid groups (broad SMARTS) is 1. The summed E-state index contributed by atoms with van der Waals surface area (Å²) in [5.74, 6) is -1.98. The van der Waals surface area contributed by atoms with E-state index in [-0.39, 0.29) is 25.3 Å². The SMILES string of the molecule is O=C(Cc1c[nH]c2ccccc12)NCC(=O)N[C@@H](Cc1ccccc1)C(=O)O. The van der Waals surface area contributed by atoms with E-state index in [1.165, 1.54) is 0 Å². The van der Waals surface area contributed by atoms with Gasteiger partial charge in [-0.05, 0) is 17.2 Å². The summed E-state index contributed by atoms with van der Waals surface area (Å²) in [6.07, 6.45) is 2.07. The first-order valence-corrected chi connectivity index (χ1v) is 8.90. The number of aromatic amines is 1. The van der Waals surface area contributed by atoms with Crippen LogP contribution in [0, 0.1) is 0 Å². The summed E-state index contributed by atoms with van der Waals surface area (Å²) < 4.78 is 0. The van der Waals surface area contributed by atoms with Crippen molar-refractivity contribution in [2.75, 3.05) is 6.54 Å². The highest BCUT2D eigenvalue weighted by Gasteiger charge is 2.20. The maximum Gasteiger partial charge on any atom is 0.326 e. The van der Waals surface area contributed by atoms with E-state index in [9.17, 15) is 19.5 Å². The maximum atomic E-state index is 12.1. The normalized spacial score (nSPS) is 11.7. The minimum absolute atomic E-state index is 0.129. The zero-order chi connectivity index (χ0) is 19.9. The van der Waals surface area contributed by atoms with Crippen molar-refractivity contribution in [2.45, 2.75) is 18.9 Å². The van der Waals surface area contributed by atoms with Crippen LogP contribution in [0.15, 0.2) is 60.8 Å². The van der Waals surface area contributed by atoms with Gasteiger partial charge >= 0.3 is 5.97 Å². The smallest absolute Gasteiger partial charge is 0.326 e. The fourth-order valence-electron chi connectivity index (χ4n) is 2.99. The molecule has 2 amide bonds. The molecule has 3 aromatic rings. The molecule has 0 aliphatic carbocycles. The molecule has 28 heavy (non-hydrogen) atoms. The lowest BCUT2D eigenvalue weighted by Gasteiger charge is -2.15. The number of rotatable bonds is 8. The molecule has 0 saturated heterocycles. The summed E-state index contributed by atoms with van der Waals surface area (Å²) in [6.45, 7) is -0.278. The van der Waals surface area contributed by atoms with Crippen molar-refractivity contribution in [3.63, 3.8) is 0 Å². The molecule has 2 aromatic carbocycles. The van der Waals surface area contributed by atoms with Crippen molar-refractivity contribution in [2.24, 2.45) is 0 Å². The highest BCUT2D eigenvalue weighted by Crippen LogP contribution is 2.17. The Bertz CT molecular complexity index is 981. The van der Waals surface area contributed by atoms with Crippen LogP contribution < -0.4 is 10.6 Å². The largest absolute Gasteiger partial charge is 0.480 e. The second-order valence-corrected chi connectivity index (χ2v) is 6.46. The number of amides is 2. The number of carbonyl (C=O) groups is 3. The van der Waals surface area contributed by atoms with Gasteiger partial charge in [0.2, 0.25) is 11.8 Å². The second-order valence-electron chi connectivity index (χ2n) is 6.46.